The van der Waals surface area contributed by atoms with Crippen LogP contribution in [0.25, 0.3) is 6.08 Å². The second-order valence-corrected chi connectivity index (χ2v) is 5.18. The molecule has 22 heavy (non-hydrogen) atoms. The topological polar surface area (TPSA) is 38.7 Å². The average molecular weight is 300 g/mol. The van der Waals surface area contributed by atoms with E-state index in [1.807, 2.05) is 18.2 Å². The second-order valence-electron chi connectivity index (χ2n) is 5.18. The lowest BCUT2D eigenvalue weighted by Crippen LogP contribution is -2.15. The highest BCUT2D eigenvalue weighted by Gasteiger charge is 2.30. The zero-order valence-corrected chi connectivity index (χ0v) is 12.4. The highest BCUT2D eigenvalue weighted by molar-refractivity contribution is 5.69. The van der Waals surface area contributed by atoms with E-state index in [2.05, 4.69) is 0 Å². The van der Waals surface area contributed by atoms with Gasteiger partial charge in [-0.1, -0.05) is 24.3 Å². The third-order valence-electron chi connectivity index (χ3n) is 4.01. The van der Waals surface area contributed by atoms with E-state index in [4.69, 9.17) is 9.47 Å². The molecular weight excluding hydrogens is 283 g/mol. The summed E-state index contributed by atoms with van der Waals surface area (Å²) in [4.78, 5) is 0. The van der Waals surface area contributed by atoms with Crippen molar-refractivity contribution in [3.8, 4) is 11.5 Å². The zero-order chi connectivity index (χ0) is 15.7. The second kappa shape index (κ2) is 5.81. The van der Waals surface area contributed by atoms with Crippen LogP contribution in [0.1, 0.15) is 28.7 Å². The quantitative estimate of drug-likeness (QED) is 0.939. The third kappa shape index (κ3) is 2.35. The Kier molecular flexibility index (Phi) is 3.86. The Morgan fingerprint density at radius 1 is 0.955 bits per heavy atom. The first kappa shape index (κ1) is 14.6. The molecule has 0 bridgehead atoms. The van der Waals surface area contributed by atoms with Crippen molar-refractivity contribution in [1.82, 2.24) is 0 Å². The number of aliphatic hydroxyl groups is 1. The summed E-state index contributed by atoms with van der Waals surface area (Å²) in [7, 11) is 3.16. The lowest BCUT2D eigenvalue weighted by Gasteiger charge is -2.28. The molecule has 2 atom stereocenters. The Balaban J connectivity index is 2.09. The van der Waals surface area contributed by atoms with E-state index in [0.717, 1.165) is 11.1 Å². The predicted molar refractivity (Wildman–Crippen MR) is 82.7 cm³/mol. The fourth-order valence-corrected chi connectivity index (χ4v) is 2.89. The standard InChI is InChI=1S/C18H17FO3/c1-21-15-9-10-16(22-2)17-14(15)8-7-13(18(17)20)11-3-5-12(19)6-4-11/h3-10,13,18,20H,1-2H3/t13-,18-/m0/s1. The van der Waals surface area contributed by atoms with Gasteiger partial charge >= 0.3 is 0 Å². The minimum Gasteiger partial charge on any atom is -0.496 e. The lowest BCUT2D eigenvalue weighted by molar-refractivity contribution is 0.155. The molecule has 0 saturated heterocycles. The van der Waals surface area contributed by atoms with Gasteiger partial charge in [0.2, 0.25) is 0 Å². The van der Waals surface area contributed by atoms with E-state index in [1.54, 1.807) is 32.4 Å². The van der Waals surface area contributed by atoms with Crippen molar-refractivity contribution in [3.63, 3.8) is 0 Å². The molecule has 0 heterocycles. The fourth-order valence-electron chi connectivity index (χ4n) is 2.89. The molecule has 114 valence electrons. The SMILES string of the molecule is COc1ccc(OC)c2c1C=C[C@@H](c1ccc(F)cc1)[C@@H]2O. The van der Waals surface area contributed by atoms with E-state index in [-0.39, 0.29) is 11.7 Å². The molecule has 3 nitrogen and oxygen atoms in total. The molecule has 1 N–H and O–H groups in total. The van der Waals surface area contributed by atoms with Crippen LogP contribution in [0.2, 0.25) is 0 Å². The minimum absolute atomic E-state index is 0.255. The van der Waals surface area contributed by atoms with Gasteiger partial charge in [0.25, 0.3) is 0 Å². The first-order chi connectivity index (χ1) is 10.7. The molecule has 0 aromatic heterocycles. The van der Waals surface area contributed by atoms with Crippen molar-refractivity contribution in [2.75, 3.05) is 14.2 Å². The average Bonchev–Trinajstić information content (AvgIpc) is 2.55. The van der Waals surface area contributed by atoms with Gasteiger partial charge in [0, 0.05) is 17.0 Å². The summed E-state index contributed by atoms with van der Waals surface area (Å²) in [6.07, 6.45) is 3.04. The predicted octanol–water partition coefficient (Wildman–Crippen LogP) is 3.69. The highest BCUT2D eigenvalue weighted by atomic mass is 19.1. The molecule has 2 aromatic rings. The number of fused-ring (bicyclic) bond motifs is 1. The number of aliphatic hydroxyl groups excluding tert-OH is 1. The van der Waals surface area contributed by atoms with Crippen LogP contribution in [0.5, 0.6) is 11.5 Å². The van der Waals surface area contributed by atoms with E-state index in [1.165, 1.54) is 12.1 Å². The molecule has 1 aliphatic carbocycles. The van der Waals surface area contributed by atoms with Gasteiger partial charge in [-0.15, -0.1) is 0 Å². The normalized spacial score (nSPS) is 19.6. The molecule has 1 aliphatic rings. The number of ether oxygens (including phenoxy) is 2. The molecular formula is C18H17FO3. The lowest BCUT2D eigenvalue weighted by atomic mass is 9.82. The summed E-state index contributed by atoms with van der Waals surface area (Å²) < 4.78 is 23.8. The number of methoxy groups -OCH3 is 2. The van der Waals surface area contributed by atoms with Gasteiger partial charge in [0.1, 0.15) is 17.3 Å². The number of benzene rings is 2. The van der Waals surface area contributed by atoms with Crippen molar-refractivity contribution < 1.29 is 19.0 Å². The Morgan fingerprint density at radius 2 is 1.59 bits per heavy atom. The largest absolute Gasteiger partial charge is 0.496 e. The molecule has 0 saturated carbocycles. The molecule has 0 radical (unpaired) electrons. The summed E-state index contributed by atoms with van der Waals surface area (Å²) in [6.45, 7) is 0. The van der Waals surface area contributed by atoms with Gasteiger partial charge in [-0.2, -0.15) is 0 Å². The Labute approximate surface area is 128 Å². The monoisotopic (exact) mass is 300 g/mol. The van der Waals surface area contributed by atoms with Crippen LogP contribution in [-0.4, -0.2) is 19.3 Å². The summed E-state index contributed by atoms with van der Waals surface area (Å²) in [5.74, 6) is 0.746. The maximum absolute atomic E-state index is 13.1. The van der Waals surface area contributed by atoms with Crippen LogP contribution in [-0.2, 0) is 0 Å². The Morgan fingerprint density at radius 3 is 2.23 bits per heavy atom. The van der Waals surface area contributed by atoms with Crippen molar-refractivity contribution in [3.05, 3.63) is 65.0 Å². The summed E-state index contributed by atoms with van der Waals surface area (Å²) >= 11 is 0. The van der Waals surface area contributed by atoms with Gasteiger partial charge in [0.05, 0.1) is 20.3 Å². The van der Waals surface area contributed by atoms with Gasteiger partial charge in [0.15, 0.2) is 0 Å². The van der Waals surface area contributed by atoms with Crippen LogP contribution in [0.15, 0.2) is 42.5 Å². The van der Waals surface area contributed by atoms with Crippen molar-refractivity contribution in [1.29, 1.82) is 0 Å². The Hall–Kier alpha value is -2.33. The van der Waals surface area contributed by atoms with E-state index >= 15 is 0 Å². The number of halogens is 1. The van der Waals surface area contributed by atoms with E-state index in [0.29, 0.717) is 17.1 Å². The summed E-state index contributed by atoms with van der Waals surface area (Å²) in [6, 6.07) is 9.76. The summed E-state index contributed by atoms with van der Waals surface area (Å²) in [5.41, 5.74) is 2.35. The maximum Gasteiger partial charge on any atom is 0.126 e. The molecule has 2 aromatic carbocycles. The first-order valence-corrected chi connectivity index (χ1v) is 7.02. The number of hydrogen-bond acceptors (Lipinski definition) is 3. The fraction of sp³-hybridized carbons (Fsp3) is 0.222. The molecule has 4 heteroatoms. The molecule has 0 fully saturated rings. The molecule has 0 amide bonds. The van der Waals surface area contributed by atoms with Crippen LogP contribution in [0, 0.1) is 5.82 Å². The molecule has 3 rings (SSSR count). The summed E-state index contributed by atoms with van der Waals surface area (Å²) in [5, 5.41) is 10.8. The molecule has 0 aliphatic heterocycles. The minimum atomic E-state index is -0.782. The van der Waals surface area contributed by atoms with Gasteiger partial charge in [-0.05, 0) is 29.8 Å². The number of hydrogen-bond donors (Lipinski definition) is 1. The molecule has 0 unspecified atom stereocenters. The molecule has 0 spiro atoms. The van der Waals surface area contributed by atoms with Gasteiger partial charge in [-0.25, -0.2) is 4.39 Å². The van der Waals surface area contributed by atoms with E-state index in [9.17, 15) is 9.50 Å². The highest BCUT2D eigenvalue weighted by Crippen LogP contribution is 2.45. The van der Waals surface area contributed by atoms with Gasteiger partial charge in [-0.3, -0.25) is 0 Å². The van der Waals surface area contributed by atoms with Crippen LogP contribution < -0.4 is 9.47 Å². The van der Waals surface area contributed by atoms with Gasteiger partial charge < -0.3 is 14.6 Å². The first-order valence-electron chi connectivity index (χ1n) is 7.02. The van der Waals surface area contributed by atoms with Crippen molar-refractivity contribution in [2.24, 2.45) is 0 Å². The van der Waals surface area contributed by atoms with Crippen LogP contribution in [0.3, 0.4) is 0 Å². The van der Waals surface area contributed by atoms with E-state index < -0.39 is 6.10 Å². The Bertz CT molecular complexity index is 707. The smallest absolute Gasteiger partial charge is 0.126 e. The zero-order valence-electron chi connectivity index (χ0n) is 12.4. The number of rotatable bonds is 3. The van der Waals surface area contributed by atoms with Crippen LogP contribution >= 0.6 is 0 Å². The van der Waals surface area contributed by atoms with Crippen molar-refractivity contribution in [2.45, 2.75) is 12.0 Å². The van der Waals surface area contributed by atoms with Crippen LogP contribution in [0.4, 0.5) is 4.39 Å². The maximum atomic E-state index is 13.1. The van der Waals surface area contributed by atoms with Crippen molar-refractivity contribution >= 4 is 6.08 Å². The third-order valence-corrected chi connectivity index (χ3v) is 4.01.